The summed E-state index contributed by atoms with van der Waals surface area (Å²) < 4.78 is 42.9. The summed E-state index contributed by atoms with van der Waals surface area (Å²) in [5, 5.41) is 2.30. The van der Waals surface area contributed by atoms with Gasteiger partial charge in [-0.05, 0) is 31.2 Å². The van der Waals surface area contributed by atoms with Crippen molar-refractivity contribution in [1.29, 1.82) is 0 Å². The number of carbonyl (C=O) groups is 1. The minimum absolute atomic E-state index is 0.291. The summed E-state index contributed by atoms with van der Waals surface area (Å²) in [6.07, 6.45) is -5.05. The molecule has 0 amide bonds. The highest BCUT2D eigenvalue weighted by molar-refractivity contribution is 5.76. The number of Topliss-reactive ketones (excluding diaryl/α,β-unsaturated/α-hetero) is 1. The van der Waals surface area contributed by atoms with Crippen LogP contribution in [0.15, 0.2) is 24.3 Å². The Balaban J connectivity index is 2.79. The number of carbonyl (C=O) groups excluding carboxylic acids is 1. The summed E-state index contributed by atoms with van der Waals surface area (Å²) >= 11 is 0. The maximum atomic E-state index is 12.7. The van der Waals surface area contributed by atoms with Gasteiger partial charge < -0.3 is 10.1 Å². The standard InChI is InChI=1S/C12H14F3NO2/c1-8(17)7-11(12(13,14)15)16-9-3-5-10(18-2)6-4-9/h3-6,11,16H,7H2,1-2H3/t11-/m0/s1. The van der Waals surface area contributed by atoms with Crippen LogP contribution >= 0.6 is 0 Å². The first-order chi connectivity index (χ1) is 8.32. The number of anilines is 1. The summed E-state index contributed by atoms with van der Waals surface area (Å²) in [4.78, 5) is 10.8. The maximum Gasteiger partial charge on any atom is 0.408 e. The zero-order valence-electron chi connectivity index (χ0n) is 10.0. The molecule has 6 heteroatoms. The Bertz CT molecular complexity index is 401. The first-order valence-electron chi connectivity index (χ1n) is 5.29. The van der Waals surface area contributed by atoms with E-state index in [4.69, 9.17) is 4.74 Å². The smallest absolute Gasteiger partial charge is 0.408 e. The summed E-state index contributed by atoms with van der Waals surface area (Å²) in [5.74, 6) is 0.0361. The van der Waals surface area contributed by atoms with Gasteiger partial charge in [0.25, 0.3) is 0 Å². The van der Waals surface area contributed by atoms with Crippen LogP contribution in [0.25, 0.3) is 0 Å². The van der Waals surface area contributed by atoms with E-state index >= 15 is 0 Å². The predicted molar refractivity (Wildman–Crippen MR) is 61.8 cm³/mol. The zero-order valence-corrected chi connectivity index (χ0v) is 10.0. The third-order valence-electron chi connectivity index (χ3n) is 2.32. The third-order valence-corrected chi connectivity index (χ3v) is 2.32. The SMILES string of the molecule is COc1ccc(N[C@@H](CC(C)=O)C(F)(F)F)cc1. The van der Waals surface area contributed by atoms with Gasteiger partial charge in [-0.3, -0.25) is 4.79 Å². The number of halogens is 3. The van der Waals surface area contributed by atoms with Crippen LogP contribution in [0.4, 0.5) is 18.9 Å². The van der Waals surface area contributed by atoms with Crippen molar-refractivity contribution in [2.24, 2.45) is 0 Å². The predicted octanol–water partition coefficient (Wildman–Crippen LogP) is 3.02. The zero-order chi connectivity index (χ0) is 13.8. The highest BCUT2D eigenvalue weighted by atomic mass is 19.4. The Hall–Kier alpha value is -1.72. The normalized spacial score (nSPS) is 12.9. The number of alkyl halides is 3. The minimum Gasteiger partial charge on any atom is -0.497 e. The van der Waals surface area contributed by atoms with E-state index in [2.05, 4.69) is 5.32 Å². The van der Waals surface area contributed by atoms with Crippen LogP contribution in [0, 0.1) is 0 Å². The molecule has 18 heavy (non-hydrogen) atoms. The van der Waals surface area contributed by atoms with Gasteiger partial charge in [-0.2, -0.15) is 13.2 Å². The first kappa shape index (κ1) is 14.3. The van der Waals surface area contributed by atoms with Crippen molar-refractivity contribution < 1.29 is 22.7 Å². The van der Waals surface area contributed by atoms with Gasteiger partial charge in [-0.1, -0.05) is 0 Å². The van der Waals surface area contributed by atoms with Gasteiger partial charge in [0.1, 0.15) is 17.6 Å². The third kappa shape index (κ3) is 4.27. The molecule has 1 aromatic rings. The summed E-state index contributed by atoms with van der Waals surface area (Å²) in [7, 11) is 1.47. The Morgan fingerprint density at radius 1 is 1.33 bits per heavy atom. The van der Waals surface area contributed by atoms with E-state index in [9.17, 15) is 18.0 Å². The van der Waals surface area contributed by atoms with Gasteiger partial charge in [0.05, 0.1) is 7.11 Å². The van der Waals surface area contributed by atoms with E-state index in [0.717, 1.165) is 6.92 Å². The number of benzene rings is 1. The topological polar surface area (TPSA) is 38.3 Å². The summed E-state index contributed by atoms with van der Waals surface area (Å²) in [6, 6.07) is 4.16. The lowest BCUT2D eigenvalue weighted by Gasteiger charge is -2.21. The van der Waals surface area contributed by atoms with Crippen LogP contribution in [-0.2, 0) is 4.79 Å². The van der Waals surface area contributed by atoms with Gasteiger partial charge in [0, 0.05) is 12.1 Å². The van der Waals surface area contributed by atoms with Crippen LogP contribution in [-0.4, -0.2) is 25.1 Å². The van der Waals surface area contributed by atoms with E-state index in [1.807, 2.05) is 0 Å². The molecule has 0 aliphatic heterocycles. The Morgan fingerprint density at radius 2 is 1.89 bits per heavy atom. The van der Waals surface area contributed by atoms with Crippen LogP contribution in [0.1, 0.15) is 13.3 Å². The molecule has 0 radical (unpaired) electrons. The molecule has 1 N–H and O–H groups in total. The minimum atomic E-state index is -4.47. The van der Waals surface area contributed by atoms with Crippen molar-refractivity contribution in [2.45, 2.75) is 25.6 Å². The molecule has 0 spiro atoms. The molecule has 1 atom stereocenters. The fourth-order valence-electron chi connectivity index (χ4n) is 1.42. The van der Waals surface area contributed by atoms with E-state index in [-0.39, 0.29) is 0 Å². The van der Waals surface area contributed by atoms with Gasteiger partial charge in [0.2, 0.25) is 0 Å². The number of nitrogens with one attached hydrogen (secondary N) is 1. The molecule has 3 nitrogen and oxygen atoms in total. The second-order valence-electron chi connectivity index (χ2n) is 3.87. The molecule has 100 valence electrons. The number of ketones is 1. The average molecular weight is 261 g/mol. The van der Waals surface area contributed by atoms with Crippen molar-refractivity contribution in [2.75, 3.05) is 12.4 Å². The Kier molecular flexibility index (Phi) is 4.58. The second kappa shape index (κ2) is 5.75. The summed E-state index contributed by atoms with van der Waals surface area (Å²) in [5.41, 5.74) is 0.291. The molecule has 0 aliphatic carbocycles. The Morgan fingerprint density at radius 3 is 2.28 bits per heavy atom. The van der Waals surface area contributed by atoms with Gasteiger partial charge in [-0.15, -0.1) is 0 Å². The Labute approximate surface area is 103 Å². The van der Waals surface area contributed by atoms with Crippen LogP contribution in [0.2, 0.25) is 0 Å². The molecule has 1 rings (SSSR count). The first-order valence-corrected chi connectivity index (χ1v) is 5.29. The molecule has 0 aromatic heterocycles. The second-order valence-corrected chi connectivity index (χ2v) is 3.87. The van der Waals surface area contributed by atoms with E-state index < -0.39 is 24.4 Å². The lowest BCUT2D eigenvalue weighted by atomic mass is 10.1. The van der Waals surface area contributed by atoms with Gasteiger partial charge >= 0.3 is 6.18 Å². The number of methoxy groups -OCH3 is 1. The maximum absolute atomic E-state index is 12.7. The fourth-order valence-corrected chi connectivity index (χ4v) is 1.42. The molecule has 0 heterocycles. The largest absolute Gasteiger partial charge is 0.497 e. The molecule has 0 saturated carbocycles. The highest BCUT2D eigenvalue weighted by Gasteiger charge is 2.40. The molecule has 0 fully saturated rings. The highest BCUT2D eigenvalue weighted by Crippen LogP contribution is 2.26. The van der Waals surface area contributed by atoms with E-state index in [1.54, 1.807) is 12.1 Å². The van der Waals surface area contributed by atoms with Crippen molar-refractivity contribution in [3.05, 3.63) is 24.3 Å². The quantitative estimate of drug-likeness (QED) is 0.885. The van der Waals surface area contributed by atoms with Gasteiger partial charge in [-0.25, -0.2) is 0 Å². The molecule has 0 saturated heterocycles. The lowest BCUT2D eigenvalue weighted by molar-refractivity contribution is -0.149. The summed E-state index contributed by atoms with van der Waals surface area (Å²) in [6.45, 7) is 1.13. The van der Waals surface area contributed by atoms with Crippen molar-refractivity contribution in [3.63, 3.8) is 0 Å². The molecule has 0 bridgehead atoms. The average Bonchev–Trinajstić information content (AvgIpc) is 2.27. The molecule has 1 aromatic carbocycles. The van der Waals surface area contributed by atoms with Crippen LogP contribution < -0.4 is 10.1 Å². The molecular weight excluding hydrogens is 247 g/mol. The number of hydrogen-bond acceptors (Lipinski definition) is 3. The van der Waals surface area contributed by atoms with Crippen molar-refractivity contribution >= 4 is 11.5 Å². The number of rotatable bonds is 5. The number of hydrogen-bond donors (Lipinski definition) is 1. The van der Waals surface area contributed by atoms with Crippen molar-refractivity contribution in [3.8, 4) is 5.75 Å². The molecule has 0 aliphatic rings. The van der Waals surface area contributed by atoms with Crippen LogP contribution in [0.3, 0.4) is 0 Å². The van der Waals surface area contributed by atoms with Crippen molar-refractivity contribution in [1.82, 2.24) is 0 Å². The molecule has 0 unspecified atom stereocenters. The monoisotopic (exact) mass is 261 g/mol. The lowest BCUT2D eigenvalue weighted by Crippen LogP contribution is -2.37. The van der Waals surface area contributed by atoms with E-state index in [1.165, 1.54) is 19.2 Å². The molecular formula is C12H14F3NO2. The van der Waals surface area contributed by atoms with Gasteiger partial charge in [0.15, 0.2) is 0 Å². The van der Waals surface area contributed by atoms with E-state index in [0.29, 0.717) is 11.4 Å². The fraction of sp³-hybridized carbons (Fsp3) is 0.417. The number of ether oxygens (including phenoxy) is 1. The van der Waals surface area contributed by atoms with Crippen LogP contribution in [0.5, 0.6) is 5.75 Å².